The second-order valence-electron chi connectivity index (χ2n) is 6.64. The fourth-order valence-corrected chi connectivity index (χ4v) is 4.86. The van der Waals surface area contributed by atoms with E-state index in [0.717, 1.165) is 5.82 Å². The summed E-state index contributed by atoms with van der Waals surface area (Å²) in [7, 11) is -2.16. The molecule has 0 radical (unpaired) electrons. The first-order valence-electron chi connectivity index (χ1n) is 9.46. The highest BCUT2D eigenvalue weighted by Gasteiger charge is 2.31. The minimum Gasteiger partial charge on any atom is -0.495 e. The van der Waals surface area contributed by atoms with Crippen LogP contribution in [0.1, 0.15) is 0 Å². The smallest absolute Gasteiger partial charge is 0.246 e. The van der Waals surface area contributed by atoms with E-state index >= 15 is 0 Å². The Morgan fingerprint density at radius 3 is 2.43 bits per heavy atom. The van der Waals surface area contributed by atoms with Crippen LogP contribution in [-0.4, -0.2) is 61.0 Å². The van der Waals surface area contributed by atoms with Crippen LogP contribution in [0.5, 0.6) is 5.75 Å². The van der Waals surface area contributed by atoms with Gasteiger partial charge in [-0.1, -0.05) is 18.2 Å². The summed E-state index contributed by atoms with van der Waals surface area (Å²) in [5.41, 5.74) is 0. The summed E-state index contributed by atoms with van der Waals surface area (Å²) in [5.74, 6) is 2.40. The number of hydrogen-bond donors (Lipinski definition) is 1. The molecule has 2 aromatic heterocycles. The largest absolute Gasteiger partial charge is 0.495 e. The van der Waals surface area contributed by atoms with E-state index in [1.54, 1.807) is 30.5 Å². The molecule has 1 fully saturated rings. The van der Waals surface area contributed by atoms with Gasteiger partial charge in [0.15, 0.2) is 0 Å². The number of methoxy groups -OCH3 is 1. The number of nitrogens with one attached hydrogen (secondary N) is 1. The first-order valence-corrected chi connectivity index (χ1v) is 10.9. The van der Waals surface area contributed by atoms with Gasteiger partial charge in [0, 0.05) is 38.4 Å². The van der Waals surface area contributed by atoms with Gasteiger partial charge in [0.2, 0.25) is 10.0 Å². The quantitative estimate of drug-likeness (QED) is 0.640. The Kier molecular flexibility index (Phi) is 5.77. The molecular weight excluding hydrogens is 404 g/mol. The van der Waals surface area contributed by atoms with Gasteiger partial charge in [-0.05, 0) is 24.3 Å². The third-order valence-electron chi connectivity index (χ3n) is 4.82. The Morgan fingerprint density at radius 1 is 0.933 bits per heavy atom. The molecule has 9 nitrogen and oxygen atoms in total. The minimum atomic E-state index is -3.63. The number of aromatic nitrogens is 3. The van der Waals surface area contributed by atoms with Crippen molar-refractivity contribution >= 4 is 27.5 Å². The van der Waals surface area contributed by atoms with Gasteiger partial charge >= 0.3 is 0 Å². The van der Waals surface area contributed by atoms with E-state index in [0.29, 0.717) is 43.6 Å². The SMILES string of the molecule is COc1ccccc1S(=O)(=O)N1CCN(c2cc(Nc3ccccn3)ncn2)CC1. The Balaban J connectivity index is 1.45. The number of pyridine rings is 1. The molecule has 4 rings (SSSR count). The second-order valence-corrected chi connectivity index (χ2v) is 8.55. The maximum Gasteiger partial charge on any atom is 0.246 e. The average Bonchev–Trinajstić information content (AvgIpc) is 2.80. The third-order valence-corrected chi connectivity index (χ3v) is 6.76. The number of ether oxygens (including phenoxy) is 1. The highest BCUT2D eigenvalue weighted by molar-refractivity contribution is 7.89. The van der Waals surface area contributed by atoms with Crippen LogP contribution in [0.25, 0.3) is 0 Å². The first kappa shape index (κ1) is 20.0. The molecular formula is C20H22N6O3S. The number of nitrogens with zero attached hydrogens (tertiary/aromatic N) is 5. The van der Waals surface area contributed by atoms with Crippen molar-refractivity contribution in [3.8, 4) is 5.75 Å². The van der Waals surface area contributed by atoms with Crippen LogP contribution in [0, 0.1) is 0 Å². The summed E-state index contributed by atoms with van der Waals surface area (Å²) in [5, 5.41) is 3.14. The number of rotatable bonds is 6. The molecule has 1 aliphatic heterocycles. The summed E-state index contributed by atoms with van der Waals surface area (Å²) in [6, 6.07) is 14.1. The molecule has 0 bridgehead atoms. The van der Waals surface area contributed by atoms with Crippen LogP contribution < -0.4 is 15.0 Å². The van der Waals surface area contributed by atoms with Crippen molar-refractivity contribution in [2.45, 2.75) is 4.90 Å². The van der Waals surface area contributed by atoms with Gasteiger partial charge in [-0.25, -0.2) is 23.4 Å². The van der Waals surface area contributed by atoms with Crippen LogP contribution in [0.4, 0.5) is 17.5 Å². The molecule has 0 spiro atoms. The van der Waals surface area contributed by atoms with E-state index in [2.05, 4.69) is 20.3 Å². The van der Waals surface area contributed by atoms with E-state index in [-0.39, 0.29) is 4.90 Å². The van der Waals surface area contributed by atoms with Crippen LogP contribution in [0.3, 0.4) is 0 Å². The Bertz CT molecular complexity index is 1100. The highest BCUT2D eigenvalue weighted by atomic mass is 32.2. The van der Waals surface area contributed by atoms with Gasteiger partial charge in [0.1, 0.15) is 34.4 Å². The number of hydrogen-bond acceptors (Lipinski definition) is 8. The molecule has 1 N–H and O–H groups in total. The van der Waals surface area contributed by atoms with Crippen molar-refractivity contribution in [2.24, 2.45) is 0 Å². The van der Waals surface area contributed by atoms with Crippen LogP contribution in [-0.2, 0) is 10.0 Å². The summed E-state index contributed by atoms with van der Waals surface area (Å²) in [6.07, 6.45) is 3.18. The maximum absolute atomic E-state index is 13.1. The van der Waals surface area contributed by atoms with Crippen LogP contribution in [0.2, 0.25) is 0 Å². The lowest BCUT2D eigenvalue weighted by atomic mass is 10.3. The van der Waals surface area contributed by atoms with Crippen molar-refractivity contribution in [3.63, 3.8) is 0 Å². The van der Waals surface area contributed by atoms with Gasteiger partial charge in [0.25, 0.3) is 0 Å². The number of benzene rings is 1. The predicted molar refractivity (Wildman–Crippen MR) is 114 cm³/mol. The summed E-state index contributed by atoms with van der Waals surface area (Å²) in [6.45, 7) is 1.75. The average molecular weight is 427 g/mol. The minimum absolute atomic E-state index is 0.185. The number of piperazine rings is 1. The molecule has 1 aromatic carbocycles. The van der Waals surface area contributed by atoms with E-state index in [9.17, 15) is 8.42 Å². The number of anilines is 3. The molecule has 0 amide bonds. The maximum atomic E-state index is 13.1. The molecule has 3 aromatic rings. The molecule has 0 saturated carbocycles. The number of para-hydroxylation sites is 1. The zero-order chi connectivity index (χ0) is 21.0. The van der Waals surface area contributed by atoms with Gasteiger partial charge < -0.3 is 15.0 Å². The Labute approximate surface area is 175 Å². The topological polar surface area (TPSA) is 101 Å². The van der Waals surface area contributed by atoms with Crippen molar-refractivity contribution in [1.29, 1.82) is 0 Å². The summed E-state index contributed by atoms with van der Waals surface area (Å²) >= 11 is 0. The van der Waals surface area contributed by atoms with Crippen LogP contribution in [0.15, 0.2) is 66.0 Å². The molecule has 3 heterocycles. The predicted octanol–water partition coefficient (Wildman–Crippen LogP) is 2.13. The third kappa shape index (κ3) is 4.19. The van der Waals surface area contributed by atoms with Gasteiger partial charge in [-0.2, -0.15) is 4.31 Å². The fraction of sp³-hybridized carbons (Fsp3) is 0.250. The molecule has 1 aliphatic rings. The van der Waals surface area contributed by atoms with Crippen LogP contribution >= 0.6 is 0 Å². The molecule has 1 saturated heterocycles. The van der Waals surface area contributed by atoms with Gasteiger partial charge in [0.05, 0.1) is 7.11 Å². The Hall–Kier alpha value is -3.24. The normalized spacial score (nSPS) is 15.0. The highest BCUT2D eigenvalue weighted by Crippen LogP contribution is 2.27. The summed E-state index contributed by atoms with van der Waals surface area (Å²) < 4.78 is 32.8. The molecule has 0 unspecified atom stereocenters. The van der Waals surface area contributed by atoms with Crippen molar-refractivity contribution < 1.29 is 13.2 Å². The number of sulfonamides is 1. The lowest BCUT2D eigenvalue weighted by molar-refractivity contribution is 0.373. The van der Waals surface area contributed by atoms with E-state index in [1.807, 2.05) is 29.2 Å². The molecule has 10 heteroatoms. The standard InChI is InChI=1S/C20H22N6O3S/c1-29-16-6-2-3-7-17(16)30(27,28)26-12-10-25(11-13-26)20-14-19(22-15-23-20)24-18-8-4-5-9-21-18/h2-9,14-15H,10-13H2,1H3,(H,21,22,23,24). The lowest BCUT2D eigenvalue weighted by Crippen LogP contribution is -2.49. The fourth-order valence-electron chi connectivity index (χ4n) is 3.28. The molecule has 30 heavy (non-hydrogen) atoms. The van der Waals surface area contributed by atoms with E-state index in [1.165, 1.54) is 17.7 Å². The van der Waals surface area contributed by atoms with Crippen molar-refractivity contribution in [2.75, 3.05) is 43.5 Å². The van der Waals surface area contributed by atoms with E-state index < -0.39 is 10.0 Å². The Morgan fingerprint density at radius 2 is 1.70 bits per heavy atom. The van der Waals surface area contributed by atoms with Gasteiger partial charge in [-0.3, -0.25) is 0 Å². The first-order chi connectivity index (χ1) is 14.6. The van der Waals surface area contributed by atoms with E-state index in [4.69, 9.17) is 4.74 Å². The van der Waals surface area contributed by atoms with Crippen molar-refractivity contribution in [3.05, 3.63) is 61.1 Å². The monoisotopic (exact) mass is 426 g/mol. The molecule has 0 aliphatic carbocycles. The zero-order valence-corrected chi connectivity index (χ0v) is 17.3. The lowest BCUT2D eigenvalue weighted by Gasteiger charge is -2.34. The molecule has 0 atom stereocenters. The molecule has 156 valence electrons. The summed E-state index contributed by atoms with van der Waals surface area (Å²) in [4.78, 5) is 15.0. The second kappa shape index (κ2) is 8.64. The zero-order valence-electron chi connectivity index (χ0n) is 16.5. The van der Waals surface area contributed by atoms with Gasteiger partial charge in [-0.15, -0.1) is 0 Å². The van der Waals surface area contributed by atoms with Crippen molar-refractivity contribution in [1.82, 2.24) is 19.3 Å².